The quantitative estimate of drug-likeness (QED) is 0.776. The Kier molecular flexibility index (Phi) is 6.11. The molecule has 2 N–H and O–H groups in total. The van der Waals surface area contributed by atoms with E-state index in [1.165, 1.54) is 23.1 Å². The number of nitrogens with one attached hydrogen (secondary N) is 2. The van der Waals surface area contributed by atoms with Crippen LogP contribution in [0.1, 0.15) is 23.2 Å². The number of benzene rings is 1. The van der Waals surface area contributed by atoms with E-state index in [1.54, 1.807) is 14.1 Å². The van der Waals surface area contributed by atoms with E-state index < -0.39 is 11.7 Å². The molecule has 0 saturated heterocycles. The molecule has 0 heterocycles. The summed E-state index contributed by atoms with van der Waals surface area (Å²) in [6.07, 6.45) is 1.09. The molecule has 1 aromatic rings. The Balaban J connectivity index is 2.75. The van der Waals surface area contributed by atoms with Gasteiger partial charge in [-0.1, -0.05) is 0 Å². The molecular formula is C14H20FN3O2. The van der Waals surface area contributed by atoms with Crippen LogP contribution >= 0.6 is 0 Å². The molecule has 1 rings (SSSR count). The summed E-state index contributed by atoms with van der Waals surface area (Å²) < 4.78 is 13.6. The zero-order chi connectivity index (χ0) is 15.1. The molecule has 0 aliphatic rings. The van der Waals surface area contributed by atoms with Gasteiger partial charge in [-0.25, -0.2) is 4.39 Å². The van der Waals surface area contributed by atoms with Crippen molar-refractivity contribution in [1.29, 1.82) is 0 Å². The second-order valence-electron chi connectivity index (χ2n) is 4.65. The summed E-state index contributed by atoms with van der Waals surface area (Å²) in [5.41, 5.74) is 0.370. The lowest BCUT2D eigenvalue weighted by molar-refractivity contribution is -0.116. The van der Waals surface area contributed by atoms with Crippen LogP contribution in [-0.2, 0) is 4.79 Å². The second-order valence-corrected chi connectivity index (χ2v) is 4.65. The molecule has 2 amide bonds. The number of halogens is 1. The zero-order valence-corrected chi connectivity index (χ0v) is 12.0. The average Bonchev–Trinajstić information content (AvgIpc) is 2.40. The van der Waals surface area contributed by atoms with Gasteiger partial charge in [-0.2, -0.15) is 0 Å². The van der Waals surface area contributed by atoms with Crippen LogP contribution in [-0.4, -0.2) is 44.4 Å². The Morgan fingerprint density at radius 3 is 2.60 bits per heavy atom. The molecule has 0 atom stereocenters. The summed E-state index contributed by atoms with van der Waals surface area (Å²) in [6.45, 7) is 0.751. The van der Waals surface area contributed by atoms with Gasteiger partial charge in [-0.3, -0.25) is 9.59 Å². The lowest BCUT2D eigenvalue weighted by atomic mass is 10.1. The van der Waals surface area contributed by atoms with Crippen molar-refractivity contribution in [3.05, 3.63) is 29.6 Å². The monoisotopic (exact) mass is 281 g/mol. The predicted octanol–water partition coefficient (Wildman–Crippen LogP) is 1.47. The van der Waals surface area contributed by atoms with E-state index >= 15 is 0 Å². The Morgan fingerprint density at radius 1 is 1.30 bits per heavy atom. The van der Waals surface area contributed by atoms with Crippen molar-refractivity contribution in [3.8, 4) is 0 Å². The highest BCUT2D eigenvalue weighted by molar-refractivity contribution is 5.97. The van der Waals surface area contributed by atoms with Crippen molar-refractivity contribution in [2.75, 3.05) is 33.0 Å². The maximum atomic E-state index is 13.6. The molecule has 0 fully saturated rings. The highest BCUT2D eigenvalue weighted by atomic mass is 19.1. The molecule has 0 aliphatic heterocycles. The largest absolute Gasteiger partial charge is 0.345 e. The van der Waals surface area contributed by atoms with Crippen LogP contribution in [0.3, 0.4) is 0 Å². The first-order valence-corrected chi connectivity index (χ1v) is 6.41. The van der Waals surface area contributed by atoms with Crippen molar-refractivity contribution in [2.24, 2.45) is 0 Å². The molecule has 6 heteroatoms. The highest BCUT2D eigenvalue weighted by Gasteiger charge is 2.14. The van der Waals surface area contributed by atoms with Crippen LogP contribution in [0.4, 0.5) is 10.1 Å². The fourth-order valence-corrected chi connectivity index (χ4v) is 1.66. The number of amides is 2. The zero-order valence-electron chi connectivity index (χ0n) is 12.0. The number of hydrogen-bond acceptors (Lipinski definition) is 3. The Hall–Kier alpha value is -1.95. The summed E-state index contributed by atoms with van der Waals surface area (Å²) in [7, 11) is 4.91. The normalized spacial score (nSPS) is 10.2. The van der Waals surface area contributed by atoms with E-state index in [9.17, 15) is 14.0 Å². The molecular weight excluding hydrogens is 261 g/mol. The van der Waals surface area contributed by atoms with Crippen LogP contribution in [0.15, 0.2) is 18.2 Å². The first kappa shape index (κ1) is 16.1. The third kappa shape index (κ3) is 4.62. The topological polar surface area (TPSA) is 61.4 Å². The van der Waals surface area contributed by atoms with Gasteiger partial charge in [0.05, 0.1) is 5.56 Å². The first-order valence-electron chi connectivity index (χ1n) is 6.41. The van der Waals surface area contributed by atoms with Gasteiger partial charge in [0.25, 0.3) is 5.91 Å². The number of nitrogens with zero attached hydrogens (tertiary/aromatic N) is 1. The number of hydrogen-bond donors (Lipinski definition) is 2. The predicted molar refractivity (Wildman–Crippen MR) is 76.2 cm³/mol. The van der Waals surface area contributed by atoms with E-state index in [0.29, 0.717) is 18.5 Å². The molecule has 0 spiro atoms. The van der Waals surface area contributed by atoms with Gasteiger partial charge < -0.3 is 15.5 Å². The standard InChI is InChI=1S/C14H20FN3O2/c1-16-8-4-5-13(19)17-10-6-7-12(15)11(9-10)14(20)18(2)3/h6-7,9,16H,4-5,8H2,1-3H3,(H,17,19). The molecule has 5 nitrogen and oxygen atoms in total. The molecule has 0 saturated carbocycles. The molecule has 0 unspecified atom stereocenters. The van der Waals surface area contributed by atoms with Gasteiger partial charge >= 0.3 is 0 Å². The lowest BCUT2D eigenvalue weighted by Crippen LogP contribution is -2.23. The average molecular weight is 281 g/mol. The number of carbonyl (C=O) groups excluding carboxylic acids is 2. The first-order chi connectivity index (χ1) is 9.45. The number of carbonyl (C=O) groups is 2. The molecule has 0 bridgehead atoms. The minimum Gasteiger partial charge on any atom is -0.345 e. The van der Waals surface area contributed by atoms with Gasteiger partial charge in [-0.15, -0.1) is 0 Å². The van der Waals surface area contributed by atoms with E-state index in [1.807, 2.05) is 7.05 Å². The Morgan fingerprint density at radius 2 is 2.00 bits per heavy atom. The van der Waals surface area contributed by atoms with Crippen LogP contribution in [0.2, 0.25) is 0 Å². The molecule has 0 aromatic heterocycles. The maximum Gasteiger partial charge on any atom is 0.256 e. The lowest BCUT2D eigenvalue weighted by Gasteiger charge is -2.12. The van der Waals surface area contributed by atoms with Crippen molar-refractivity contribution in [2.45, 2.75) is 12.8 Å². The fraction of sp³-hybridized carbons (Fsp3) is 0.429. The van der Waals surface area contributed by atoms with Crippen molar-refractivity contribution in [3.63, 3.8) is 0 Å². The van der Waals surface area contributed by atoms with E-state index in [0.717, 1.165) is 6.54 Å². The molecule has 20 heavy (non-hydrogen) atoms. The van der Waals surface area contributed by atoms with E-state index in [4.69, 9.17) is 0 Å². The maximum absolute atomic E-state index is 13.6. The van der Waals surface area contributed by atoms with Gasteiger partial charge in [-0.05, 0) is 38.2 Å². The minimum absolute atomic E-state index is 0.0528. The number of anilines is 1. The van der Waals surface area contributed by atoms with Gasteiger partial charge in [0.15, 0.2) is 0 Å². The van der Waals surface area contributed by atoms with Crippen molar-refractivity contribution >= 4 is 17.5 Å². The summed E-state index contributed by atoms with van der Waals surface area (Å²) in [5.74, 6) is -1.19. The minimum atomic E-state index is -0.600. The smallest absolute Gasteiger partial charge is 0.256 e. The summed E-state index contributed by atoms with van der Waals surface area (Å²) in [5, 5.41) is 5.61. The SMILES string of the molecule is CNCCCC(=O)Nc1ccc(F)c(C(=O)N(C)C)c1. The summed E-state index contributed by atoms with van der Waals surface area (Å²) in [6, 6.07) is 3.98. The van der Waals surface area contributed by atoms with Crippen molar-refractivity contribution < 1.29 is 14.0 Å². The molecule has 0 aliphatic carbocycles. The summed E-state index contributed by atoms with van der Waals surface area (Å²) >= 11 is 0. The molecule has 1 aromatic carbocycles. The van der Waals surface area contributed by atoms with E-state index in [-0.39, 0.29) is 11.5 Å². The van der Waals surface area contributed by atoms with Crippen molar-refractivity contribution in [1.82, 2.24) is 10.2 Å². The van der Waals surface area contributed by atoms with Gasteiger partial charge in [0.2, 0.25) is 5.91 Å². The van der Waals surface area contributed by atoms with Gasteiger partial charge in [0.1, 0.15) is 5.82 Å². The molecule has 110 valence electrons. The van der Waals surface area contributed by atoms with E-state index in [2.05, 4.69) is 10.6 Å². The third-order valence-corrected chi connectivity index (χ3v) is 2.72. The summed E-state index contributed by atoms with van der Waals surface area (Å²) in [4.78, 5) is 24.7. The highest BCUT2D eigenvalue weighted by Crippen LogP contribution is 2.16. The second kappa shape index (κ2) is 7.59. The third-order valence-electron chi connectivity index (χ3n) is 2.72. The Bertz CT molecular complexity index is 489. The van der Waals surface area contributed by atoms with Crippen LogP contribution in [0.5, 0.6) is 0 Å². The van der Waals surface area contributed by atoms with Crippen LogP contribution in [0, 0.1) is 5.82 Å². The van der Waals surface area contributed by atoms with Gasteiger partial charge in [0, 0.05) is 26.2 Å². The number of rotatable bonds is 6. The Labute approximate surface area is 118 Å². The van der Waals surface area contributed by atoms with Crippen LogP contribution in [0.25, 0.3) is 0 Å². The molecule has 0 radical (unpaired) electrons. The van der Waals surface area contributed by atoms with Crippen LogP contribution < -0.4 is 10.6 Å². The fourth-order valence-electron chi connectivity index (χ4n) is 1.66.